The predicted molar refractivity (Wildman–Crippen MR) is 62.4 cm³/mol. The topological polar surface area (TPSA) is 38.3 Å². The fourth-order valence-corrected chi connectivity index (χ4v) is 1.64. The minimum Gasteiger partial charge on any atom is -0.423 e. The summed E-state index contributed by atoms with van der Waals surface area (Å²) in [4.78, 5) is 11.8. The van der Waals surface area contributed by atoms with Gasteiger partial charge in [0.2, 0.25) is 0 Å². The quantitative estimate of drug-likeness (QED) is 0.606. The van der Waals surface area contributed by atoms with Gasteiger partial charge in [-0.05, 0) is 31.5 Å². The van der Waals surface area contributed by atoms with E-state index in [0.29, 0.717) is 5.75 Å². The molecule has 0 bridgehead atoms. The zero-order chi connectivity index (χ0) is 11.4. The molecule has 0 spiro atoms. The third kappa shape index (κ3) is 2.49. The average Bonchev–Trinajstić information content (AvgIpc) is 2.33. The molecular formula is C13H15NO2. The molecule has 1 N–H and O–H groups in total. The minimum atomic E-state index is -0.226. The van der Waals surface area contributed by atoms with Crippen LogP contribution in [-0.4, -0.2) is 19.1 Å². The summed E-state index contributed by atoms with van der Waals surface area (Å²) in [6.45, 7) is 3.52. The van der Waals surface area contributed by atoms with Gasteiger partial charge < -0.3 is 10.1 Å². The summed E-state index contributed by atoms with van der Waals surface area (Å²) < 4.78 is 5.35. The maximum absolute atomic E-state index is 11.8. The van der Waals surface area contributed by atoms with Gasteiger partial charge in [-0.15, -0.1) is 0 Å². The standard InChI is InChI=1S/C13H15NO2/c1-10-4-2-3-5-12(10)16-13(15)11-6-8-14-9-7-11/h2-6,14H,7-9H2,1H3. The van der Waals surface area contributed by atoms with Crippen molar-refractivity contribution in [2.24, 2.45) is 0 Å². The van der Waals surface area contributed by atoms with E-state index in [1.807, 2.05) is 37.3 Å². The van der Waals surface area contributed by atoms with E-state index >= 15 is 0 Å². The van der Waals surface area contributed by atoms with E-state index < -0.39 is 0 Å². The maximum atomic E-state index is 11.8. The number of nitrogens with one attached hydrogen (secondary N) is 1. The third-order valence-electron chi connectivity index (χ3n) is 2.62. The van der Waals surface area contributed by atoms with Gasteiger partial charge in [0.25, 0.3) is 0 Å². The van der Waals surface area contributed by atoms with Gasteiger partial charge in [0.15, 0.2) is 0 Å². The highest BCUT2D eigenvalue weighted by Crippen LogP contribution is 2.18. The first-order valence-electron chi connectivity index (χ1n) is 5.45. The van der Waals surface area contributed by atoms with Crippen LogP contribution < -0.4 is 10.1 Å². The van der Waals surface area contributed by atoms with Crippen molar-refractivity contribution in [3.8, 4) is 5.75 Å². The monoisotopic (exact) mass is 217 g/mol. The van der Waals surface area contributed by atoms with Gasteiger partial charge in [0.05, 0.1) is 0 Å². The molecular weight excluding hydrogens is 202 g/mol. The molecule has 0 fully saturated rings. The molecule has 1 heterocycles. The van der Waals surface area contributed by atoms with E-state index in [1.165, 1.54) is 0 Å². The second-order valence-corrected chi connectivity index (χ2v) is 3.84. The van der Waals surface area contributed by atoms with Crippen LogP contribution in [0.2, 0.25) is 0 Å². The van der Waals surface area contributed by atoms with Crippen molar-refractivity contribution in [1.29, 1.82) is 0 Å². The van der Waals surface area contributed by atoms with Crippen molar-refractivity contribution in [2.45, 2.75) is 13.3 Å². The van der Waals surface area contributed by atoms with E-state index in [1.54, 1.807) is 0 Å². The molecule has 1 aromatic carbocycles. The predicted octanol–water partition coefficient (Wildman–Crippen LogP) is 1.82. The molecule has 0 atom stereocenters. The summed E-state index contributed by atoms with van der Waals surface area (Å²) in [5, 5.41) is 3.16. The van der Waals surface area contributed by atoms with Crippen LogP contribution in [0.25, 0.3) is 0 Å². The molecule has 16 heavy (non-hydrogen) atoms. The highest BCUT2D eigenvalue weighted by atomic mass is 16.5. The first-order valence-corrected chi connectivity index (χ1v) is 5.45. The molecule has 3 nitrogen and oxygen atoms in total. The molecule has 1 aliphatic rings. The van der Waals surface area contributed by atoms with Gasteiger partial charge >= 0.3 is 5.97 Å². The fourth-order valence-electron chi connectivity index (χ4n) is 1.64. The summed E-state index contributed by atoms with van der Waals surface area (Å²) in [5.74, 6) is 0.419. The Bertz CT molecular complexity index is 424. The summed E-state index contributed by atoms with van der Waals surface area (Å²) in [5.41, 5.74) is 1.74. The number of carbonyl (C=O) groups is 1. The van der Waals surface area contributed by atoms with Gasteiger partial charge in [0, 0.05) is 12.1 Å². The first-order chi connectivity index (χ1) is 7.77. The molecule has 1 aliphatic heterocycles. The molecule has 0 saturated carbocycles. The molecule has 0 radical (unpaired) electrons. The van der Waals surface area contributed by atoms with E-state index in [0.717, 1.165) is 30.6 Å². The number of hydrogen-bond donors (Lipinski definition) is 1. The highest BCUT2D eigenvalue weighted by molar-refractivity contribution is 5.90. The summed E-state index contributed by atoms with van der Waals surface area (Å²) >= 11 is 0. The Balaban J connectivity index is 2.07. The SMILES string of the molecule is Cc1ccccc1OC(=O)C1=CCNCC1. The molecule has 84 valence electrons. The molecule has 0 unspecified atom stereocenters. The Morgan fingerprint density at radius 3 is 2.88 bits per heavy atom. The zero-order valence-corrected chi connectivity index (χ0v) is 9.32. The Hall–Kier alpha value is -1.61. The van der Waals surface area contributed by atoms with Gasteiger partial charge in [-0.25, -0.2) is 4.79 Å². The van der Waals surface area contributed by atoms with E-state index in [4.69, 9.17) is 4.74 Å². The Labute approximate surface area is 95.1 Å². The van der Waals surface area contributed by atoms with Crippen LogP contribution in [0.4, 0.5) is 0 Å². The summed E-state index contributed by atoms with van der Waals surface area (Å²) in [6.07, 6.45) is 2.63. The molecule has 1 aromatic rings. The highest BCUT2D eigenvalue weighted by Gasteiger charge is 2.14. The van der Waals surface area contributed by atoms with Crippen LogP contribution in [0.15, 0.2) is 35.9 Å². The van der Waals surface area contributed by atoms with Crippen LogP contribution in [-0.2, 0) is 4.79 Å². The van der Waals surface area contributed by atoms with Gasteiger partial charge in [-0.3, -0.25) is 0 Å². The van der Waals surface area contributed by atoms with E-state index in [-0.39, 0.29) is 5.97 Å². The summed E-state index contributed by atoms with van der Waals surface area (Å²) in [7, 11) is 0. The average molecular weight is 217 g/mol. The van der Waals surface area contributed by atoms with Crippen LogP contribution in [0.5, 0.6) is 5.75 Å². The largest absolute Gasteiger partial charge is 0.423 e. The van der Waals surface area contributed by atoms with Crippen LogP contribution >= 0.6 is 0 Å². The van der Waals surface area contributed by atoms with Crippen molar-refractivity contribution in [2.75, 3.05) is 13.1 Å². The van der Waals surface area contributed by atoms with Crippen molar-refractivity contribution < 1.29 is 9.53 Å². The number of para-hydroxylation sites is 1. The second-order valence-electron chi connectivity index (χ2n) is 3.84. The fraction of sp³-hybridized carbons (Fsp3) is 0.308. The minimum absolute atomic E-state index is 0.226. The third-order valence-corrected chi connectivity index (χ3v) is 2.62. The zero-order valence-electron chi connectivity index (χ0n) is 9.32. The van der Waals surface area contributed by atoms with Crippen molar-refractivity contribution in [3.63, 3.8) is 0 Å². The first kappa shape index (κ1) is 10.9. The number of aryl methyl sites for hydroxylation is 1. The van der Waals surface area contributed by atoms with Gasteiger partial charge in [0.1, 0.15) is 5.75 Å². The molecule has 2 rings (SSSR count). The molecule has 0 amide bonds. The molecule has 0 aromatic heterocycles. The number of ether oxygens (including phenoxy) is 1. The maximum Gasteiger partial charge on any atom is 0.339 e. The Morgan fingerprint density at radius 1 is 1.38 bits per heavy atom. The van der Waals surface area contributed by atoms with Crippen LogP contribution in [0.1, 0.15) is 12.0 Å². The summed E-state index contributed by atoms with van der Waals surface area (Å²) in [6, 6.07) is 7.54. The lowest BCUT2D eigenvalue weighted by atomic mass is 10.1. The lowest BCUT2D eigenvalue weighted by Gasteiger charge is -2.13. The molecule has 0 saturated heterocycles. The van der Waals surface area contributed by atoms with Crippen molar-refractivity contribution in [1.82, 2.24) is 5.32 Å². The molecule has 0 aliphatic carbocycles. The van der Waals surface area contributed by atoms with Gasteiger partial charge in [-0.1, -0.05) is 24.3 Å². The lowest BCUT2D eigenvalue weighted by Crippen LogP contribution is -2.25. The normalized spacial score (nSPS) is 15.4. The number of rotatable bonds is 2. The van der Waals surface area contributed by atoms with Crippen molar-refractivity contribution >= 4 is 5.97 Å². The number of carbonyl (C=O) groups excluding carboxylic acids is 1. The Kier molecular flexibility index (Phi) is 3.37. The smallest absolute Gasteiger partial charge is 0.339 e. The Morgan fingerprint density at radius 2 is 2.19 bits per heavy atom. The molecule has 3 heteroatoms. The van der Waals surface area contributed by atoms with Crippen LogP contribution in [0, 0.1) is 6.92 Å². The second kappa shape index (κ2) is 4.94. The van der Waals surface area contributed by atoms with E-state index in [9.17, 15) is 4.79 Å². The van der Waals surface area contributed by atoms with Crippen LogP contribution in [0.3, 0.4) is 0 Å². The number of hydrogen-bond acceptors (Lipinski definition) is 3. The van der Waals surface area contributed by atoms with E-state index in [2.05, 4.69) is 5.32 Å². The number of benzene rings is 1. The number of esters is 1. The van der Waals surface area contributed by atoms with Gasteiger partial charge in [-0.2, -0.15) is 0 Å². The lowest BCUT2D eigenvalue weighted by molar-refractivity contribution is -0.130. The van der Waals surface area contributed by atoms with Crippen molar-refractivity contribution in [3.05, 3.63) is 41.5 Å².